The molecule has 2 aromatic heterocycles. The maximum Gasteiger partial charge on any atom is 0.239 e. The van der Waals surface area contributed by atoms with Gasteiger partial charge in [-0.3, -0.25) is 14.5 Å². The highest BCUT2D eigenvalue weighted by molar-refractivity contribution is 8.14. The molecule has 2 heterocycles. The van der Waals surface area contributed by atoms with Gasteiger partial charge in [0.05, 0.1) is 28.8 Å². The third-order valence-corrected chi connectivity index (χ3v) is 5.66. The number of hydrogen-bond donors (Lipinski definition) is 0. The third-order valence-electron chi connectivity index (χ3n) is 3.82. The van der Waals surface area contributed by atoms with Crippen molar-refractivity contribution in [2.75, 3.05) is 10.7 Å². The minimum atomic E-state index is -0.163. The van der Waals surface area contributed by atoms with E-state index in [0.717, 1.165) is 22.0 Å². The van der Waals surface area contributed by atoms with E-state index in [1.54, 1.807) is 17.2 Å². The number of benzene rings is 1. The number of aromatic nitrogens is 1. The number of aryl methyl sites for hydroxylation is 2. The molecular weight excluding hydrogens is 356 g/mol. The Hall–Kier alpha value is -2.12. The van der Waals surface area contributed by atoms with Crippen LogP contribution in [-0.2, 0) is 16.1 Å². The molecule has 7 heteroatoms. The lowest BCUT2D eigenvalue weighted by molar-refractivity contribution is -0.116. The number of rotatable bonds is 5. The summed E-state index contributed by atoms with van der Waals surface area (Å²) in [5.41, 5.74) is 3.23. The molecule has 0 atom stereocenters. The Balaban J connectivity index is 1.95. The van der Waals surface area contributed by atoms with E-state index in [1.807, 2.05) is 19.1 Å². The highest BCUT2D eigenvalue weighted by atomic mass is 32.2. The molecule has 130 valence electrons. The monoisotopic (exact) mass is 374 g/mol. The second kappa shape index (κ2) is 7.41. The lowest BCUT2D eigenvalue weighted by atomic mass is 10.1. The Labute approximate surface area is 154 Å². The first-order valence-corrected chi connectivity index (χ1v) is 9.58. The van der Waals surface area contributed by atoms with E-state index < -0.39 is 0 Å². The summed E-state index contributed by atoms with van der Waals surface area (Å²) in [6.45, 7) is 5.85. The number of fused-ring (bicyclic) bond motifs is 1. The zero-order valence-electron chi connectivity index (χ0n) is 14.2. The Morgan fingerprint density at radius 2 is 2.04 bits per heavy atom. The van der Waals surface area contributed by atoms with E-state index in [2.05, 4.69) is 18.0 Å². The van der Waals surface area contributed by atoms with Gasteiger partial charge in [0, 0.05) is 6.92 Å². The normalized spacial score (nSPS) is 11.0. The van der Waals surface area contributed by atoms with Crippen molar-refractivity contribution in [3.63, 3.8) is 0 Å². The van der Waals surface area contributed by atoms with Gasteiger partial charge in [-0.1, -0.05) is 23.1 Å². The summed E-state index contributed by atoms with van der Waals surface area (Å²) in [4.78, 5) is 30.1. The number of nitrogens with zero attached hydrogens (tertiary/aromatic N) is 2. The lowest BCUT2D eigenvalue weighted by Crippen LogP contribution is -2.32. The summed E-state index contributed by atoms with van der Waals surface area (Å²) in [6.07, 6.45) is 1.58. The zero-order chi connectivity index (χ0) is 18.0. The van der Waals surface area contributed by atoms with Crippen LogP contribution < -0.4 is 4.90 Å². The van der Waals surface area contributed by atoms with Crippen LogP contribution in [0.4, 0.5) is 5.13 Å². The average molecular weight is 374 g/mol. The first kappa shape index (κ1) is 17.7. The van der Waals surface area contributed by atoms with Crippen molar-refractivity contribution in [2.24, 2.45) is 0 Å². The third kappa shape index (κ3) is 4.11. The van der Waals surface area contributed by atoms with Gasteiger partial charge in [0.25, 0.3) is 0 Å². The second-order valence-electron chi connectivity index (χ2n) is 5.74. The van der Waals surface area contributed by atoms with Gasteiger partial charge in [-0.15, -0.1) is 0 Å². The van der Waals surface area contributed by atoms with Crippen LogP contribution in [0.15, 0.2) is 34.9 Å². The van der Waals surface area contributed by atoms with Crippen LogP contribution in [0.3, 0.4) is 0 Å². The van der Waals surface area contributed by atoms with Crippen molar-refractivity contribution in [1.82, 2.24) is 4.98 Å². The van der Waals surface area contributed by atoms with Crippen LogP contribution in [0.1, 0.15) is 23.8 Å². The molecule has 0 saturated heterocycles. The lowest BCUT2D eigenvalue weighted by Gasteiger charge is -2.18. The summed E-state index contributed by atoms with van der Waals surface area (Å²) in [6, 6.07) is 7.73. The first-order chi connectivity index (χ1) is 11.9. The molecule has 0 aliphatic rings. The van der Waals surface area contributed by atoms with Crippen LogP contribution in [-0.4, -0.2) is 21.8 Å². The van der Waals surface area contributed by atoms with E-state index >= 15 is 0 Å². The quantitative estimate of drug-likeness (QED) is 0.665. The molecule has 1 amide bonds. The Kier molecular flexibility index (Phi) is 5.24. The van der Waals surface area contributed by atoms with Crippen molar-refractivity contribution >= 4 is 49.5 Å². The topological polar surface area (TPSA) is 63.4 Å². The molecule has 0 N–H and O–H groups in total. The molecular formula is C18H18N2O3S2. The molecule has 1 aromatic carbocycles. The molecule has 0 aliphatic carbocycles. The molecule has 3 rings (SSSR count). The van der Waals surface area contributed by atoms with Gasteiger partial charge in [-0.05, 0) is 49.2 Å². The molecule has 25 heavy (non-hydrogen) atoms. The molecule has 0 unspecified atom stereocenters. The van der Waals surface area contributed by atoms with Crippen LogP contribution >= 0.6 is 23.1 Å². The Bertz CT molecular complexity index is 877. The van der Waals surface area contributed by atoms with Gasteiger partial charge in [0.1, 0.15) is 5.76 Å². The van der Waals surface area contributed by atoms with Gasteiger partial charge in [-0.2, -0.15) is 0 Å². The summed E-state index contributed by atoms with van der Waals surface area (Å²) in [7, 11) is 0. The number of amides is 1. The van der Waals surface area contributed by atoms with Crippen LogP contribution in [0.2, 0.25) is 0 Å². The fourth-order valence-corrected chi connectivity index (χ4v) is 3.89. The molecule has 0 radical (unpaired) electrons. The molecule has 0 fully saturated rings. The van der Waals surface area contributed by atoms with E-state index in [4.69, 9.17) is 4.42 Å². The smallest absolute Gasteiger partial charge is 0.239 e. The van der Waals surface area contributed by atoms with E-state index in [1.165, 1.54) is 29.4 Å². The number of furan rings is 1. The van der Waals surface area contributed by atoms with Gasteiger partial charge < -0.3 is 4.42 Å². The fraction of sp³-hybridized carbons (Fsp3) is 0.278. The molecule has 0 spiro atoms. The highest BCUT2D eigenvalue weighted by Crippen LogP contribution is 2.32. The summed E-state index contributed by atoms with van der Waals surface area (Å²) in [5, 5.41) is 0.535. The number of thiazole rings is 1. The minimum absolute atomic E-state index is 0.0816. The van der Waals surface area contributed by atoms with Crippen LogP contribution in [0.5, 0.6) is 0 Å². The average Bonchev–Trinajstić information content (AvgIpc) is 3.20. The van der Waals surface area contributed by atoms with Gasteiger partial charge in [-0.25, -0.2) is 4.98 Å². The summed E-state index contributed by atoms with van der Waals surface area (Å²) < 4.78 is 6.42. The highest BCUT2D eigenvalue weighted by Gasteiger charge is 2.22. The number of carbonyl (C=O) groups excluding carboxylic acids is 2. The van der Waals surface area contributed by atoms with Crippen molar-refractivity contribution in [2.45, 2.75) is 27.3 Å². The van der Waals surface area contributed by atoms with Crippen molar-refractivity contribution in [3.05, 3.63) is 47.4 Å². The Morgan fingerprint density at radius 3 is 2.72 bits per heavy atom. The Morgan fingerprint density at radius 1 is 1.28 bits per heavy atom. The minimum Gasteiger partial charge on any atom is -0.467 e. The number of thioether (sulfide) groups is 1. The van der Waals surface area contributed by atoms with E-state index in [9.17, 15) is 9.59 Å². The van der Waals surface area contributed by atoms with Gasteiger partial charge in [0.2, 0.25) is 5.91 Å². The van der Waals surface area contributed by atoms with Crippen molar-refractivity contribution < 1.29 is 14.0 Å². The SMILES string of the molecule is CC(=O)SCC(=O)N(Cc1ccco1)c1nc2cc(C)c(C)cc2s1. The summed E-state index contributed by atoms with van der Waals surface area (Å²) >= 11 is 2.47. The van der Waals surface area contributed by atoms with Crippen LogP contribution in [0.25, 0.3) is 10.2 Å². The summed E-state index contributed by atoms with van der Waals surface area (Å²) in [5.74, 6) is 0.598. The fourth-order valence-electron chi connectivity index (χ4n) is 2.35. The largest absolute Gasteiger partial charge is 0.467 e. The molecule has 5 nitrogen and oxygen atoms in total. The molecule has 0 bridgehead atoms. The maximum absolute atomic E-state index is 12.7. The predicted molar refractivity (Wildman–Crippen MR) is 102 cm³/mol. The first-order valence-electron chi connectivity index (χ1n) is 7.78. The molecule has 0 aliphatic heterocycles. The van der Waals surface area contributed by atoms with E-state index in [0.29, 0.717) is 17.4 Å². The van der Waals surface area contributed by atoms with Gasteiger partial charge >= 0.3 is 0 Å². The maximum atomic E-state index is 12.7. The number of anilines is 1. The number of carbonyl (C=O) groups is 2. The van der Waals surface area contributed by atoms with Crippen molar-refractivity contribution in [3.8, 4) is 0 Å². The second-order valence-corrected chi connectivity index (χ2v) is 7.90. The van der Waals surface area contributed by atoms with Crippen LogP contribution in [0, 0.1) is 13.8 Å². The van der Waals surface area contributed by atoms with Gasteiger partial charge in [0.15, 0.2) is 10.2 Å². The van der Waals surface area contributed by atoms with Crippen molar-refractivity contribution in [1.29, 1.82) is 0 Å². The van der Waals surface area contributed by atoms with E-state index in [-0.39, 0.29) is 16.8 Å². The molecule has 0 saturated carbocycles. The molecule has 3 aromatic rings. The standard InChI is InChI=1S/C18H18N2O3S2/c1-11-7-15-16(8-12(11)2)25-18(19-15)20(9-14-5-4-6-23-14)17(22)10-24-13(3)21/h4-8H,9-10H2,1-3H3. The zero-order valence-corrected chi connectivity index (χ0v) is 15.9. The predicted octanol–water partition coefficient (Wildman–Crippen LogP) is 4.32. The number of hydrogen-bond acceptors (Lipinski definition) is 6.